The van der Waals surface area contributed by atoms with Crippen LogP contribution in [0.3, 0.4) is 0 Å². The van der Waals surface area contributed by atoms with E-state index in [1.54, 1.807) is 23.7 Å². The zero-order chi connectivity index (χ0) is 14.9. The standard InChI is InChI=1S/C13H22N6O/c1-5-6-9-11-12(18(4)16-9)19(13(14)15-11)8-7-10(20)17(2)3/h5-8H2,1-4H3,(H2,14,15). The molecule has 0 aliphatic rings. The van der Waals surface area contributed by atoms with Gasteiger partial charge in [0.05, 0.1) is 5.69 Å². The number of aryl methyl sites for hydroxylation is 3. The zero-order valence-corrected chi connectivity index (χ0v) is 12.6. The number of amides is 1. The third kappa shape index (κ3) is 2.48. The van der Waals surface area contributed by atoms with Gasteiger partial charge in [0, 0.05) is 34.1 Å². The average molecular weight is 278 g/mol. The molecule has 2 aromatic heterocycles. The van der Waals surface area contributed by atoms with Gasteiger partial charge in [-0.25, -0.2) is 4.98 Å². The molecule has 0 saturated carbocycles. The summed E-state index contributed by atoms with van der Waals surface area (Å²) in [6.45, 7) is 2.63. The van der Waals surface area contributed by atoms with Crippen molar-refractivity contribution in [1.29, 1.82) is 0 Å². The van der Waals surface area contributed by atoms with Gasteiger partial charge in [-0.15, -0.1) is 0 Å². The van der Waals surface area contributed by atoms with Gasteiger partial charge >= 0.3 is 0 Å². The monoisotopic (exact) mass is 278 g/mol. The van der Waals surface area contributed by atoms with E-state index in [0.29, 0.717) is 18.9 Å². The molecule has 0 unspecified atom stereocenters. The molecule has 1 amide bonds. The maximum atomic E-state index is 11.7. The molecule has 0 aliphatic carbocycles. The number of fused-ring (bicyclic) bond motifs is 1. The number of carbonyl (C=O) groups excluding carboxylic acids is 1. The van der Waals surface area contributed by atoms with Gasteiger partial charge in [0.1, 0.15) is 5.52 Å². The smallest absolute Gasteiger partial charge is 0.223 e. The van der Waals surface area contributed by atoms with Gasteiger partial charge in [-0.1, -0.05) is 13.3 Å². The lowest BCUT2D eigenvalue weighted by Crippen LogP contribution is -2.23. The molecular weight excluding hydrogens is 256 g/mol. The van der Waals surface area contributed by atoms with Crippen LogP contribution in [0.2, 0.25) is 0 Å². The first kappa shape index (κ1) is 14.4. The fourth-order valence-electron chi connectivity index (χ4n) is 2.32. The van der Waals surface area contributed by atoms with E-state index in [1.807, 2.05) is 11.6 Å². The van der Waals surface area contributed by atoms with E-state index < -0.39 is 0 Å². The Balaban J connectivity index is 2.33. The number of aromatic nitrogens is 4. The Morgan fingerprint density at radius 2 is 2.10 bits per heavy atom. The SMILES string of the molecule is CCCc1nn(C)c2c1nc(N)n2CCC(=O)N(C)C. The Bertz CT molecular complexity index is 624. The number of nitrogens with two attached hydrogens (primary N) is 1. The summed E-state index contributed by atoms with van der Waals surface area (Å²) in [5.74, 6) is 0.513. The minimum absolute atomic E-state index is 0.0715. The first-order valence-electron chi connectivity index (χ1n) is 6.83. The molecule has 2 aromatic rings. The lowest BCUT2D eigenvalue weighted by molar-refractivity contribution is -0.128. The van der Waals surface area contributed by atoms with Crippen LogP contribution >= 0.6 is 0 Å². The Hall–Kier alpha value is -2.05. The number of nitrogens with zero attached hydrogens (tertiary/aromatic N) is 5. The molecule has 0 aromatic carbocycles. The van der Waals surface area contributed by atoms with Crippen LogP contribution in [0.15, 0.2) is 0 Å². The van der Waals surface area contributed by atoms with Crippen LogP contribution in [0.1, 0.15) is 25.5 Å². The first-order valence-corrected chi connectivity index (χ1v) is 6.83. The fourth-order valence-corrected chi connectivity index (χ4v) is 2.32. The molecule has 0 spiro atoms. The molecule has 110 valence electrons. The first-order chi connectivity index (χ1) is 9.45. The van der Waals surface area contributed by atoms with E-state index in [4.69, 9.17) is 5.73 Å². The third-order valence-electron chi connectivity index (χ3n) is 3.36. The molecule has 2 rings (SSSR count). The largest absolute Gasteiger partial charge is 0.369 e. The van der Waals surface area contributed by atoms with Crippen molar-refractivity contribution >= 4 is 23.0 Å². The van der Waals surface area contributed by atoms with Crippen molar-refractivity contribution in [3.8, 4) is 0 Å². The van der Waals surface area contributed by atoms with Crippen molar-refractivity contribution in [3.05, 3.63) is 5.69 Å². The van der Waals surface area contributed by atoms with Crippen molar-refractivity contribution in [1.82, 2.24) is 24.2 Å². The fraction of sp³-hybridized carbons (Fsp3) is 0.615. The van der Waals surface area contributed by atoms with Crippen LogP contribution in [-0.2, 0) is 24.8 Å². The Morgan fingerprint density at radius 1 is 1.40 bits per heavy atom. The highest BCUT2D eigenvalue weighted by atomic mass is 16.2. The Morgan fingerprint density at radius 3 is 2.70 bits per heavy atom. The highest BCUT2D eigenvalue weighted by Crippen LogP contribution is 2.22. The quantitative estimate of drug-likeness (QED) is 0.876. The molecule has 0 fully saturated rings. The summed E-state index contributed by atoms with van der Waals surface area (Å²) >= 11 is 0. The van der Waals surface area contributed by atoms with Crippen LogP contribution in [0.4, 0.5) is 5.95 Å². The number of rotatable bonds is 5. The normalized spacial score (nSPS) is 11.2. The van der Waals surface area contributed by atoms with Crippen molar-refractivity contribution in [2.24, 2.45) is 7.05 Å². The van der Waals surface area contributed by atoms with Crippen LogP contribution in [0.25, 0.3) is 11.2 Å². The molecule has 7 heteroatoms. The highest BCUT2D eigenvalue weighted by molar-refractivity contribution is 5.79. The molecular formula is C13H22N6O. The molecule has 2 N–H and O–H groups in total. The number of hydrogen-bond donors (Lipinski definition) is 1. The summed E-state index contributed by atoms with van der Waals surface area (Å²) in [4.78, 5) is 17.7. The summed E-state index contributed by atoms with van der Waals surface area (Å²) in [6.07, 6.45) is 2.29. The second-order valence-corrected chi connectivity index (χ2v) is 5.15. The Labute approximate surface area is 118 Å². The van der Waals surface area contributed by atoms with Crippen LogP contribution < -0.4 is 5.73 Å². The van der Waals surface area contributed by atoms with Crippen LogP contribution in [-0.4, -0.2) is 44.2 Å². The van der Waals surface area contributed by atoms with Gasteiger partial charge in [0.2, 0.25) is 11.9 Å². The van der Waals surface area contributed by atoms with Gasteiger partial charge in [0.15, 0.2) is 5.65 Å². The van der Waals surface area contributed by atoms with E-state index in [1.165, 1.54) is 0 Å². The molecule has 0 bridgehead atoms. The molecule has 0 saturated heterocycles. The average Bonchev–Trinajstić information content (AvgIpc) is 2.85. The lowest BCUT2D eigenvalue weighted by Gasteiger charge is -2.11. The van der Waals surface area contributed by atoms with Crippen LogP contribution in [0, 0.1) is 0 Å². The van der Waals surface area contributed by atoms with Crippen molar-refractivity contribution in [2.75, 3.05) is 19.8 Å². The summed E-state index contributed by atoms with van der Waals surface area (Å²) in [5.41, 5.74) is 8.68. The molecule has 0 aliphatic heterocycles. The van der Waals surface area contributed by atoms with Gasteiger partial charge in [0.25, 0.3) is 0 Å². The molecule has 7 nitrogen and oxygen atoms in total. The zero-order valence-electron chi connectivity index (χ0n) is 12.6. The van der Waals surface area contributed by atoms with Crippen molar-refractivity contribution < 1.29 is 4.79 Å². The number of anilines is 1. The maximum Gasteiger partial charge on any atom is 0.223 e. The number of imidazole rings is 1. The van der Waals surface area contributed by atoms with E-state index in [9.17, 15) is 4.79 Å². The molecule has 0 radical (unpaired) electrons. The molecule has 0 atom stereocenters. The topological polar surface area (TPSA) is 82.0 Å². The number of nitrogen functional groups attached to an aromatic ring is 1. The van der Waals surface area contributed by atoms with E-state index >= 15 is 0 Å². The maximum absolute atomic E-state index is 11.7. The highest BCUT2D eigenvalue weighted by Gasteiger charge is 2.18. The summed E-state index contributed by atoms with van der Waals surface area (Å²) in [7, 11) is 5.38. The third-order valence-corrected chi connectivity index (χ3v) is 3.36. The summed E-state index contributed by atoms with van der Waals surface area (Å²) < 4.78 is 3.66. The van der Waals surface area contributed by atoms with E-state index in [-0.39, 0.29) is 5.91 Å². The van der Waals surface area contributed by atoms with E-state index in [0.717, 1.165) is 29.7 Å². The second kappa shape index (κ2) is 5.52. The second-order valence-electron chi connectivity index (χ2n) is 5.15. The predicted molar refractivity (Wildman–Crippen MR) is 78.2 cm³/mol. The molecule has 2 heterocycles. The number of carbonyl (C=O) groups is 1. The summed E-state index contributed by atoms with van der Waals surface area (Å²) in [5, 5.41) is 4.49. The van der Waals surface area contributed by atoms with Crippen molar-refractivity contribution in [3.63, 3.8) is 0 Å². The van der Waals surface area contributed by atoms with Gasteiger partial charge in [-0.2, -0.15) is 5.10 Å². The number of hydrogen-bond acceptors (Lipinski definition) is 4. The predicted octanol–water partition coefficient (Wildman–Crippen LogP) is 0.783. The lowest BCUT2D eigenvalue weighted by atomic mass is 10.2. The van der Waals surface area contributed by atoms with Gasteiger partial charge < -0.3 is 10.6 Å². The Kier molecular flexibility index (Phi) is 3.96. The minimum Gasteiger partial charge on any atom is -0.369 e. The van der Waals surface area contributed by atoms with E-state index in [2.05, 4.69) is 17.0 Å². The van der Waals surface area contributed by atoms with Crippen molar-refractivity contribution in [2.45, 2.75) is 32.7 Å². The summed E-state index contributed by atoms with van der Waals surface area (Å²) in [6, 6.07) is 0. The van der Waals surface area contributed by atoms with Crippen LogP contribution in [0.5, 0.6) is 0 Å². The van der Waals surface area contributed by atoms with Gasteiger partial charge in [-0.05, 0) is 6.42 Å². The van der Waals surface area contributed by atoms with Gasteiger partial charge in [-0.3, -0.25) is 14.0 Å². The minimum atomic E-state index is 0.0715. The molecule has 20 heavy (non-hydrogen) atoms.